The van der Waals surface area contributed by atoms with Gasteiger partial charge in [0.25, 0.3) is 6.43 Å². The molecule has 0 aliphatic rings. The molecule has 7 heteroatoms. The summed E-state index contributed by atoms with van der Waals surface area (Å²) in [5.74, 6) is 0. The highest BCUT2D eigenvalue weighted by molar-refractivity contribution is 6.31. The normalized spacial score (nSPS) is 12.7. The van der Waals surface area contributed by atoms with Crippen molar-refractivity contribution in [2.24, 2.45) is 0 Å². The lowest BCUT2D eigenvalue weighted by Crippen LogP contribution is -2.29. The molecule has 3 nitrogen and oxygen atoms in total. The molecule has 0 saturated carbocycles. The topological polar surface area (TPSA) is 34.9 Å². The van der Waals surface area contributed by atoms with Gasteiger partial charge in [0.1, 0.15) is 0 Å². The van der Waals surface area contributed by atoms with Crippen molar-refractivity contribution in [1.82, 2.24) is 9.55 Å². The van der Waals surface area contributed by atoms with Crippen molar-refractivity contribution in [2.75, 3.05) is 0 Å². The third-order valence-electron chi connectivity index (χ3n) is 3.39. The maximum atomic E-state index is 13.8. The molecule has 23 heavy (non-hydrogen) atoms. The number of fused-ring (bicyclic) bond motifs is 1. The van der Waals surface area contributed by atoms with Crippen molar-refractivity contribution < 1.29 is 13.2 Å². The minimum absolute atomic E-state index is 0.0149. The summed E-state index contributed by atoms with van der Waals surface area (Å²) >= 11 is 5.96. The van der Waals surface area contributed by atoms with Gasteiger partial charge in [-0.25, -0.2) is 18.0 Å². The standard InChI is InChI=1S/C16H10ClF3N2O/c17-10-6-7-12-11(8-10)13(9-4-2-1-3-5-9)21-16(23)22(12)15(20)14(18)19/h1-8,14-15H. The van der Waals surface area contributed by atoms with Crippen molar-refractivity contribution >= 4 is 22.5 Å². The van der Waals surface area contributed by atoms with Gasteiger partial charge < -0.3 is 0 Å². The Balaban J connectivity index is 2.39. The van der Waals surface area contributed by atoms with Crippen LogP contribution < -0.4 is 5.69 Å². The Hall–Kier alpha value is -2.34. The molecule has 0 aliphatic heterocycles. The molecule has 3 aromatic rings. The summed E-state index contributed by atoms with van der Waals surface area (Å²) in [4.78, 5) is 15.9. The lowest BCUT2D eigenvalue weighted by molar-refractivity contribution is 0.00794. The van der Waals surface area contributed by atoms with E-state index in [1.54, 1.807) is 30.3 Å². The predicted molar refractivity (Wildman–Crippen MR) is 82.6 cm³/mol. The average molecular weight is 339 g/mol. The molecule has 0 fully saturated rings. The highest BCUT2D eigenvalue weighted by Crippen LogP contribution is 2.30. The molecule has 3 rings (SSSR count). The van der Waals surface area contributed by atoms with E-state index in [1.807, 2.05) is 0 Å². The van der Waals surface area contributed by atoms with Gasteiger partial charge in [0.2, 0.25) is 6.30 Å². The Morgan fingerprint density at radius 3 is 2.39 bits per heavy atom. The van der Waals surface area contributed by atoms with Crippen LogP contribution in [-0.4, -0.2) is 16.0 Å². The molecule has 1 unspecified atom stereocenters. The summed E-state index contributed by atoms with van der Waals surface area (Å²) < 4.78 is 39.6. The highest BCUT2D eigenvalue weighted by atomic mass is 35.5. The van der Waals surface area contributed by atoms with Crippen LogP contribution in [0.15, 0.2) is 53.3 Å². The number of alkyl halides is 3. The number of rotatable bonds is 3. The van der Waals surface area contributed by atoms with Crippen LogP contribution in [0, 0.1) is 0 Å². The first-order valence-electron chi connectivity index (χ1n) is 6.68. The van der Waals surface area contributed by atoms with E-state index >= 15 is 0 Å². The fourth-order valence-electron chi connectivity index (χ4n) is 2.39. The van der Waals surface area contributed by atoms with E-state index in [-0.39, 0.29) is 11.2 Å². The predicted octanol–water partition coefficient (Wildman–Crippen LogP) is 4.45. The van der Waals surface area contributed by atoms with E-state index in [0.29, 0.717) is 20.5 Å². The number of aromatic nitrogens is 2. The van der Waals surface area contributed by atoms with Gasteiger partial charge in [-0.05, 0) is 18.2 Å². The number of nitrogens with zero attached hydrogens (tertiary/aromatic N) is 2. The van der Waals surface area contributed by atoms with E-state index in [0.717, 1.165) is 0 Å². The maximum Gasteiger partial charge on any atom is 0.351 e. The number of hydrogen-bond donors (Lipinski definition) is 0. The molecule has 0 radical (unpaired) electrons. The van der Waals surface area contributed by atoms with Gasteiger partial charge in [-0.15, -0.1) is 0 Å². The van der Waals surface area contributed by atoms with Crippen molar-refractivity contribution in [2.45, 2.75) is 12.7 Å². The third kappa shape index (κ3) is 2.82. The summed E-state index contributed by atoms with van der Waals surface area (Å²) in [6.07, 6.45) is -6.11. The summed E-state index contributed by atoms with van der Waals surface area (Å²) in [7, 11) is 0. The Labute approximate surface area is 134 Å². The summed E-state index contributed by atoms with van der Waals surface area (Å²) in [6.45, 7) is 0. The molecule has 0 bridgehead atoms. The van der Waals surface area contributed by atoms with Crippen LogP contribution in [0.4, 0.5) is 13.2 Å². The average Bonchev–Trinajstić information content (AvgIpc) is 2.54. The molecule has 0 aliphatic carbocycles. The smallest absolute Gasteiger partial charge is 0.255 e. The van der Waals surface area contributed by atoms with Gasteiger partial charge >= 0.3 is 5.69 Å². The molecule has 0 spiro atoms. The SMILES string of the molecule is O=c1nc(-c2ccccc2)c2cc(Cl)ccc2n1C(F)C(F)F. The van der Waals surface area contributed by atoms with Gasteiger partial charge in [0, 0.05) is 16.0 Å². The van der Waals surface area contributed by atoms with Crippen molar-refractivity contribution in [3.63, 3.8) is 0 Å². The van der Waals surface area contributed by atoms with E-state index in [4.69, 9.17) is 11.6 Å². The Bertz CT molecular complexity index is 912. The molecule has 2 aromatic carbocycles. The molecule has 1 atom stereocenters. The lowest BCUT2D eigenvalue weighted by Gasteiger charge is -2.16. The Kier molecular flexibility index (Phi) is 4.09. The van der Waals surface area contributed by atoms with Crippen molar-refractivity contribution in [1.29, 1.82) is 0 Å². The lowest BCUT2D eigenvalue weighted by atomic mass is 10.1. The van der Waals surface area contributed by atoms with Crippen LogP contribution in [0.1, 0.15) is 6.30 Å². The third-order valence-corrected chi connectivity index (χ3v) is 3.62. The fraction of sp³-hybridized carbons (Fsp3) is 0.125. The van der Waals surface area contributed by atoms with Crippen LogP contribution in [0.5, 0.6) is 0 Å². The molecule has 0 saturated heterocycles. The van der Waals surface area contributed by atoms with Crippen molar-refractivity contribution in [3.05, 3.63) is 64.0 Å². The van der Waals surface area contributed by atoms with E-state index in [2.05, 4.69) is 4.98 Å². The van der Waals surface area contributed by atoms with Crippen LogP contribution in [0.25, 0.3) is 22.2 Å². The second-order valence-electron chi connectivity index (χ2n) is 4.85. The van der Waals surface area contributed by atoms with Crippen LogP contribution in [0.3, 0.4) is 0 Å². The molecule has 1 aromatic heterocycles. The minimum Gasteiger partial charge on any atom is -0.255 e. The zero-order valence-corrected chi connectivity index (χ0v) is 12.3. The second-order valence-corrected chi connectivity index (χ2v) is 5.28. The van der Waals surface area contributed by atoms with E-state index < -0.39 is 18.4 Å². The number of halogens is 4. The molecular formula is C16H10ClF3N2O. The summed E-state index contributed by atoms with van der Waals surface area (Å²) in [6, 6.07) is 12.9. The fourth-order valence-corrected chi connectivity index (χ4v) is 2.56. The highest BCUT2D eigenvalue weighted by Gasteiger charge is 2.26. The van der Waals surface area contributed by atoms with Gasteiger partial charge in [-0.3, -0.25) is 4.57 Å². The first-order chi connectivity index (χ1) is 11.0. The first-order valence-corrected chi connectivity index (χ1v) is 7.06. The van der Waals surface area contributed by atoms with Gasteiger partial charge in [0.05, 0.1) is 11.2 Å². The molecular weight excluding hydrogens is 329 g/mol. The molecule has 0 amide bonds. The molecule has 0 N–H and O–H groups in total. The van der Waals surface area contributed by atoms with E-state index in [9.17, 15) is 18.0 Å². The van der Waals surface area contributed by atoms with Crippen LogP contribution >= 0.6 is 11.6 Å². The monoisotopic (exact) mass is 338 g/mol. The largest absolute Gasteiger partial charge is 0.351 e. The van der Waals surface area contributed by atoms with Crippen LogP contribution in [0.2, 0.25) is 5.02 Å². The molecule has 118 valence electrons. The second kappa shape index (κ2) is 6.04. The first kappa shape index (κ1) is 15.6. The Morgan fingerprint density at radius 2 is 1.74 bits per heavy atom. The minimum atomic E-state index is -3.34. The quantitative estimate of drug-likeness (QED) is 0.707. The number of benzene rings is 2. The van der Waals surface area contributed by atoms with Crippen molar-refractivity contribution in [3.8, 4) is 11.3 Å². The summed E-state index contributed by atoms with van der Waals surface area (Å²) in [5, 5.41) is 0.653. The molecule has 1 heterocycles. The van der Waals surface area contributed by atoms with Gasteiger partial charge in [-0.2, -0.15) is 4.98 Å². The zero-order valence-electron chi connectivity index (χ0n) is 11.6. The number of hydrogen-bond acceptors (Lipinski definition) is 2. The summed E-state index contributed by atoms with van der Waals surface area (Å²) in [5.41, 5.74) is -0.185. The van der Waals surface area contributed by atoms with Crippen LogP contribution in [-0.2, 0) is 0 Å². The van der Waals surface area contributed by atoms with Gasteiger partial charge in [-0.1, -0.05) is 41.9 Å². The maximum absolute atomic E-state index is 13.8. The van der Waals surface area contributed by atoms with Gasteiger partial charge in [0.15, 0.2) is 0 Å². The zero-order chi connectivity index (χ0) is 16.6. The Morgan fingerprint density at radius 1 is 1.04 bits per heavy atom. The van der Waals surface area contributed by atoms with E-state index in [1.165, 1.54) is 18.2 Å².